The second-order valence-electron chi connectivity index (χ2n) is 9.58. The fourth-order valence-electron chi connectivity index (χ4n) is 6.63. The number of hydrogen-bond donors (Lipinski definition) is 0. The molecule has 1 aromatic heterocycles. The Hall–Kier alpha value is -2.10. The van der Waals surface area contributed by atoms with Crippen LogP contribution in [0, 0.1) is 43.4 Å². The lowest BCUT2D eigenvalue weighted by atomic mass is 9.53. The molecule has 0 aromatic carbocycles. The lowest BCUT2D eigenvalue weighted by Gasteiger charge is -2.51. The molecule has 0 amide bonds. The van der Waals surface area contributed by atoms with Gasteiger partial charge < -0.3 is 9.15 Å². The Morgan fingerprint density at radius 3 is 2.07 bits per heavy atom. The zero-order valence-corrected chi connectivity index (χ0v) is 17.1. The first-order valence-electron chi connectivity index (χ1n) is 10.7. The van der Waals surface area contributed by atoms with Gasteiger partial charge in [-0.2, -0.15) is 0 Å². The molecule has 1 aliphatic heterocycles. The highest BCUT2D eigenvalue weighted by atomic mass is 16.6. The average molecular weight is 380 g/mol. The number of aryl methyl sites for hydroxylation is 2. The van der Waals surface area contributed by atoms with E-state index in [0.717, 1.165) is 34.5 Å². The van der Waals surface area contributed by atoms with Crippen LogP contribution in [0.1, 0.15) is 63.0 Å². The summed E-state index contributed by atoms with van der Waals surface area (Å²) in [6, 6.07) is 1.98. The van der Waals surface area contributed by atoms with Crippen LogP contribution in [0.4, 0.5) is 0 Å². The molecule has 0 unspecified atom stereocenters. The van der Waals surface area contributed by atoms with E-state index in [4.69, 9.17) is 9.15 Å². The first-order valence-corrected chi connectivity index (χ1v) is 10.7. The van der Waals surface area contributed by atoms with Gasteiger partial charge in [0.1, 0.15) is 11.5 Å². The van der Waals surface area contributed by atoms with Gasteiger partial charge in [-0.1, -0.05) is 13.8 Å². The summed E-state index contributed by atoms with van der Waals surface area (Å²) in [5.41, 5.74) is 4.15. The van der Waals surface area contributed by atoms with E-state index in [2.05, 4.69) is 13.8 Å². The normalized spacial score (nSPS) is 33.3. The minimum absolute atomic E-state index is 0.0802. The summed E-state index contributed by atoms with van der Waals surface area (Å²) in [5, 5.41) is 0. The Morgan fingerprint density at radius 2 is 1.57 bits per heavy atom. The van der Waals surface area contributed by atoms with Crippen molar-refractivity contribution in [1.82, 2.24) is 0 Å². The molecule has 28 heavy (non-hydrogen) atoms. The number of furan rings is 1. The van der Waals surface area contributed by atoms with Crippen molar-refractivity contribution in [3.63, 3.8) is 0 Å². The van der Waals surface area contributed by atoms with Crippen molar-refractivity contribution < 1.29 is 18.7 Å². The largest absolute Gasteiger partial charge is 0.466 e. The molecule has 1 aromatic rings. The Morgan fingerprint density at radius 1 is 0.964 bits per heavy atom. The van der Waals surface area contributed by atoms with Gasteiger partial charge in [-0.25, -0.2) is 9.59 Å². The molecule has 4 bridgehead atoms. The second-order valence-corrected chi connectivity index (χ2v) is 9.58. The van der Waals surface area contributed by atoms with Gasteiger partial charge in [-0.05, 0) is 92.8 Å². The zero-order chi connectivity index (χ0) is 19.7. The van der Waals surface area contributed by atoms with E-state index in [1.807, 2.05) is 19.9 Å². The molecule has 0 spiro atoms. The third-order valence-corrected chi connectivity index (χ3v) is 7.33. The summed E-state index contributed by atoms with van der Waals surface area (Å²) in [5.74, 6) is 3.26. The smallest absolute Gasteiger partial charge is 0.347 e. The van der Waals surface area contributed by atoms with E-state index in [1.54, 1.807) is 0 Å². The molecule has 6 rings (SSSR count). The highest BCUT2D eigenvalue weighted by Crippen LogP contribution is 2.58. The minimum Gasteiger partial charge on any atom is -0.466 e. The van der Waals surface area contributed by atoms with Crippen molar-refractivity contribution in [3.05, 3.63) is 39.9 Å². The van der Waals surface area contributed by atoms with Gasteiger partial charge in [0, 0.05) is 5.56 Å². The number of rotatable bonds is 2. The first-order chi connectivity index (χ1) is 13.3. The van der Waals surface area contributed by atoms with Crippen LogP contribution < -0.4 is 0 Å². The molecule has 5 fully saturated rings. The molecule has 5 aliphatic rings. The van der Waals surface area contributed by atoms with Crippen LogP contribution in [0.25, 0.3) is 5.57 Å². The van der Waals surface area contributed by atoms with E-state index in [9.17, 15) is 9.59 Å². The lowest BCUT2D eigenvalue weighted by Crippen LogP contribution is -2.41. The van der Waals surface area contributed by atoms with Crippen molar-refractivity contribution in [2.24, 2.45) is 29.6 Å². The van der Waals surface area contributed by atoms with Crippen molar-refractivity contribution in [1.29, 1.82) is 0 Å². The molecule has 148 valence electrons. The Kier molecular flexibility index (Phi) is 3.98. The summed E-state index contributed by atoms with van der Waals surface area (Å²) in [4.78, 5) is 25.8. The van der Waals surface area contributed by atoms with Crippen molar-refractivity contribution >= 4 is 17.5 Å². The van der Waals surface area contributed by atoms with Gasteiger partial charge in [0.2, 0.25) is 0 Å². The fraction of sp³-hybridized carbons (Fsp3) is 0.583. The van der Waals surface area contributed by atoms with E-state index < -0.39 is 11.9 Å². The molecule has 4 nitrogen and oxygen atoms in total. The minimum atomic E-state index is -0.483. The maximum absolute atomic E-state index is 12.9. The van der Waals surface area contributed by atoms with Crippen LogP contribution in [0.2, 0.25) is 0 Å². The molecule has 2 heterocycles. The standard InChI is InChI=1S/C24H28O4/c1-11(2)19(18-5-12(3)27-13(18)4)21-22(24(26)28-23(21)25)20-16-7-14-6-15(9-16)10-17(20)8-14/h5,11,14-17H,6-10H2,1-4H3/b21-19-,22-20?. The molecule has 4 heteroatoms. The van der Waals surface area contributed by atoms with Gasteiger partial charge in [-0.15, -0.1) is 0 Å². The highest BCUT2D eigenvalue weighted by Gasteiger charge is 2.50. The van der Waals surface area contributed by atoms with Crippen LogP contribution in [0.3, 0.4) is 0 Å². The summed E-state index contributed by atoms with van der Waals surface area (Å²) in [6.45, 7) is 7.97. The molecule has 0 atom stereocenters. The maximum Gasteiger partial charge on any atom is 0.347 e. The molecule has 0 radical (unpaired) electrons. The van der Waals surface area contributed by atoms with Gasteiger partial charge in [-0.3, -0.25) is 0 Å². The van der Waals surface area contributed by atoms with Gasteiger partial charge in [0.05, 0.1) is 11.1 Å². The summed E-state index contributed by atoms with van der Waals surface area (Å²) >= 11 is 0. The van der Waals surface area contributed by atoms with Crippen molar-refractivity contribution in [2.45, 2.75) is 59.8 Å². The second kappa shape index (κ2) is 6.20. The van der Waals surface area contributed by atoms with Crippen LogP contribution >= 0.6 is 0 Å². The Labute approximate surface area is 166 Å². The van der Waals surface area contributed by atoms with Crippen LogP contribution in [-0.4, -0.2) is 11.9 Å². The number of hydrogen-bond acceptors (Lipinski definition) is 4. The highest BCUT2D eigenvalue weighted by molar-refractivity contribution is 6.22. The van der Waals surface area contributed by atoms with E-state index in [1.165, 1.54) is 37.7 Å². The van der Waals surface area contributed by atoms with Crippen molar-refractivity contribution in [2.75, 3.05) is 0 Å². The summed E-state index contributed by atoms with van der Waals surface area (Å²) < 4.78 is 11.0. The third-order valence-electron chi connectivity index (χ3n) is 7.33. The van der Waals surface area contributed by atoms with E-state index in [-0.39, 0.29) is 5.92 Å². The number of carbonyl (C=O) groups excluding carboxylic acids is 2. The first kappa shape index (κ1) is 18.0. The van der Waals surface area contributed by atoms with Crippen LogP contribution in [0.5, 0.6) is 0 Å². The Balaban J connectivity index is 1.75. The molecule has 0 N–H and O–H groups in total. The van der Waals surface area contributed by atoms with E-state index in [0.29, 0.717) is 23.0 Å². The Bertz CT molecular complexity index is 910. The third kappa shape index (κ3) is 2.57. The van der Waals surface area contributed by atoms with Crippen molar-refractivity contribution in [3.8, 4) is 0 Å². The predicted molar refractivity (Wildman–Crippen MR) is 105 cm³/mol. The van der Waals surface area contributed by atoms with E-state index >= 15 is 0 Å². The number of carbonyl (C=O) groups is 2. The SMILES string of the molecule is Cc1cc(/C(=C2\C(=O)OC(=O)C2=C2C3CC4CC(C3)CC2C4)C(C)C)c(C)o1. The molecule has 1 saturated heterocycles. The summed E-state index contributed by atoms with van der Waals surface area (Å²) in [6.07, 6.45) is 6.03. The zero-order valence-electron chi connectivity index (χ0n) is 17.1. The number of allylic oxidation sites excluding steroid dienone is 2. The number of ether oxygens (including phenoxy) is 1. The van der Waals surface area contributed by atoms with Gasteiger partial charge >= 0.3 is 11.9 Å². The number of esters is 2. The quantitative estimate of drug-likeness (QED) is 0.405. The average Bonchev–Trinajstić information content (AvgIpc) is 3.06. The number of cyclic esters (lactones) is 2. The molecule has 4 saturated carbocycles. The monoisotopic (exact) mass is 380 g/mol. The molecule has 4 aliphatic carbocycles. The topological polar surface area (TPSA) is 56.5 Å². The fourth-order valence-corrected chi connectivity index (χ4v) is 6.63. The summed E-state index contributed by atoms with van der Waals surface area (Å²) in [7, 11) is 0. The van der Waals surface area contributed by atoms with Crippen LogP contribution in [-0.2, 0) is 14.3 Å². The van der Waals surface area contributed by atoms with Crippen LogP contribution in [0.15, 0.2) is 27.2 Å². The lowest BCUT2D eigenvalue weighted by molar-refractivity contribution is -0.149. The molecular formula is C24H28O4. The molecular weight excluding hydrogens is 352 g/mol. The predicted octanol–water partition coefficient (Wildman–Crippen LogP) is 5.14. The van der Waals surface area contributed by atoms with Gasteiger partial charge in [0.25, 0.3) is 0 Å². The maximum atomic E-state index is 12.9. The van der Waals surface area contributed by atoms with Gasteiger partial charge in [0.15, 0.2) is 0 Å².